The fourth-order valence-corrected chi connectivity index (χ4v) is 3.07. The molecule has 3 atom stereocenters. The Morgan fingerprint density at radius 1 is 1.25 bits per heavy atom. The largest absolute Gasteiger partial charge is 0.341 e. The molecule has 0 aromatic rings. The molecule has 16 heavy (non-hydrogen) atoms. The molecule has 1 N–H and O–H groups in total. The molecule has 0 aromatic heterocycles. The summed E-state index contributed by atoms with van der Waals surface area (Å²) < 4.78 is 0. The maximum atomic E-state index is 12.2. The van der Waals surface area contributed by atoms with Gasteiger partial charge < -0.3 is 10.2 Å². The van der Waals surface area contributed by atoms with Gasteiger partial charge in [-0.3, -0.25) is 4.79 Å². The maximum Gasteiger partial charge on any atom is 0.239 e. The zero-order valence-electron chi connectivity index (χ0n) is 10.5. The average Bonchev–Trinajstić information content (AvgIpc) is 2.80. The van der Waals surface area contributed by atoms with Crippen LogP contribution in [0.2, 0.25) is 0 Å². The molecule has 1 saturated carbocycles. The van der Waals surface area contributed by atoms with Gasteiger partial charge in [0.25, 0.3) is 0 Å². The third-order valence-corrected chi connectivity index (χ3v) is 4.16. The van der Waals surface area contributed by atoms with E-state index in [0.29, 0.717) is 11.9 Å². The van der Waals surface area contributed by atoms with Gasteiger partial charge in [-0.15, -0.1) is 0 Å². The molecule has 92 valence electrons. The van der Waals surface area contributed by atoms with E-state index >= 15 is 0 Å². The first-order valence-corrected chi connectivity index (χ1v) is 6.68. The van der Waals surface area contributed by atoms with Gasteiger partial charge in [0.1, 0.15) is 0 Å². The molecule has 1 amide bonds. The minimum atomic E-state index is 0.0993. The Morgan fingerprint density at radius 2 is 2.06 bits per heavy atom. The van der Waals surface area contributed by atoms with E-state index in [1.165, 1.54) is 25.7 Å². The van der Waals surface area contributed by atoms with E-state index in [9.17, 15) is 4.79 Å². The van der Waals surface area contributed by atoms with Crippen LogP contribution < -0.4 is 5.32 Å². The molecule has 2 rings (SSSR count). The summed E-state index contributed by atoms with van der Waals surface area (Å²) in [4.78, 5) is 14.2. The van der Waals surface area contributed by atoms with Crippen molar-refractivity contribution in [1.82, 2.24) is 10.2 Å². The number of nitrogens with one attached hydrogen (secondary N) is 1. The molecule has 0 aromatic carbocycles. The van der Waals surface area contributed by atoms with Gasteiger partial charge in [-0.2, -0.15) is 0 Å². The number of nitrogens with zero attached hydrogens (tertiary/aromatic N) is 1. The van der Waals surface area contributed by atoms with Gasteiger partial charge in [0.2, 0.25) is 5.91 Å². The average molecular weight is 224 g/mol. The fourth-order valence-electron chi connectivity index (χ4n) is 3.07. The highest BCUT2D eigenvalue weighted by atomic mass is 16.2. The van der Waals surface area contributed by atoms with Crippen LogP contribution in [0.3, 0.4) is 0 Å². The summed E-state index contributed by atoms with van der Waals surface area (Å²) in [6, 6.07) is 0.584. The van der Waals surface area contributed by atoms with Gasteiger partial charge in [0.15, 0.2) is 0 Å². The van der Waals surface area contributed by atoms with Crippen LogP contribution in [-0.4, -0.2) is 36.5 Å². The monoisotopic (exact) mass is 224 g/mol. The summed E-state index contributed by atoms with van der Waals surface area (Å²) in [6.45, 7) is 3.31. The van der Waals surface area contributed by atoms with Crippen molar-refractivity contribution in [1.29, 1.82) is 0 Å². The van der Waals surface area contributed by atoms with Crippen molar-refractivity contribution in [3.8, 4) is 0 Å². The van der Waals surface area contributed by atoms with Crippen LogP contribution in [0, 0.1) is 5.92 Å². The van der Waals surface area contributed by atoms with Crippen LogP contribution in [-0.2, 0) is 4.79 Å². The molecule has 0 bridgehead atoms. The number of likely N-dealkylation sites (N-methyl/N-ethyl adjacent to an activating group) is 1. The molecule has 0 radical (unpaired) electrons. The Morgan fingerprint density at radius 3 is 2.69 bits per heavy atom. The molecule has 1 heterocycles. The number of carbonyl (C=O) groups is 1. The fraction of sp³-hybridized carbons (Fsp3) is 0.923. The van der Waals surface area contributed by atoms with Crippen molar-refractivity contribution in [3.63, 3.8) is 0 Å². The number of carbonyl (C=O) groups excluding carboxylic acids is 1. The van der Waals surface area contributed by atoms with E-state index in [-0.39, 0.29) is 6.04 Å². The van der Waals surface area contributed by atoms with E-state index in [1.807, 2.05) is 11.9 Å². The van der Waals surface area contributed by atoms with Crippen LogP contribution in [0.25, 0.3) is 0 Å². The van der Waals surface area contributed by atoms with Gasteiger partial charge >= 0.3 is 0 Å². The molecular weight excluding hydrogens is 200 g/mol. The molecular formula is C13H24N2O. The van der Waals surface area contributed by atoms with Crippen molar-refractivity contribution in [2.45, 2.75) is 57.5 Å². The third kappa shape index (κ3) is 2.57. The van der Waals surface area contributed by atoms with E-state index in [0.717, 1.165) is 25.3 Å². The summed E-state index contributed by atoms with van der Waals surface area (Å²) in [5, 5.41) is 3.30. The maximum absolute atomic E-state index is 12.2. The predicted octanol–water partition coefficient (Wildman–Crippen LogP) is 1.78. The molecule has 1 aliphatic heterocycles. The van der Waals surface area contributed by atoms with Gasteiger partial charge in [0, 0.05) is 13.1 Å². The molecule has 2 unspecified atom stereocenters. The van der Waals surface area contributed by atoms with Gasteiger partial charge in [-0.25, -0.2) is 0 Å². The van der Waals surface area contributed by atoms with Gasteiger partial charge in [-0.1, -0.05) is 19.8 Å². The third-order valence-electron chi connectivity index (χ3n) is 4.16. The lowest BCUT2D eigenvalue weighted by atomic mass is 9.86. The first kappa shape index (κ1) is 11.9. The number of amides is 1. The van der Waals surface area contributed by atoms with Crippen LogP contribution >= 0.6 is 0 Å². The Balaban J connectivity index is 1.89. The summed E-state index contributed by atoms with van der Waals surface area (Å²) >= 11 is 0. The first-order valence-electron chi connectivity index (χ1n) is 6.68. The van der Waals surface area contributed by atoms with Crippen molar-refractivity contribution < 1.29 is 4.79 Å². The highest BCUT2D eigenvalue weighted by molar-refractivity contribution is 5.82. The van der Waals surface area contributed by atoms with E-state index in [2.05, 4.69) is 12.2 Å². The molecule has 0 spiro atoms. The topological polar surface area (TPSA) is 32.3 Å². The summed E-state index contributed by atoms with van der Waals surface area (Å²) in [7, 11) is 1.99. The lowest BCUT2D eigenvalue weighted by Crippen LogP contribution is -2.47. The van der Waals surface area contributed by atoms with E-state index in [4.69, 9.17) is 0 Å². The predicted molar refractivity (Wildman–Crippen MR) is 65.2 cm³/mol. The minimum absolute atomic E-state index is 0.0993. The van der Waals surface area contributed by atoms with Crippen LogP contribution in [0.15, 0.2) is 0 Å². The molecule has 1 saturated heterocycles. The second-order valence-corrected chi connectivity index (χ2v) is 5.52. The number of hydrogen-bond acceptors (Lipinski definition) is 2. The summed E-state index contributed by atoms with van der Waals surface area (Å²) in [6.07, 6.45) is 7.16. The molecule has 3 heteroatoms. The normalized spacial score (nSPS) is 35.0. The first-order chi connectivity index (χ1) is 7.68. The zero-order chi connectivity index (χ0) is 11.5. The Bertz CT molecular complexity index is 248. The molecule has 2 fully saturated rings. The van der Waals surface area contributed by atoms with Gasteiger partial charge in [-0.05, 0) is 38.1 Å². The lowest BCUT2D eigenvalue weighted by molar-refractivity contribution is -0.134. The zero-order valence-corrected chi connectivity index (χ0v) is 10.5. The van der Waals surface area contributed by atoms with Crippen LogP contribution in [0.1, 0.15) is 45.4 Å². The number of hydrogen-bond donors (Lipinski definition) is 1. The van der Waals surface area contributed by atoms with Crippen molar-refractivity contribution >= 4 is 5.91 Å². The van der Waals surface area contributed by atoms with Crippen molar-refractivity contribution in [2.75, 3.05) is 13.6 Å². The molecule has 3 nitrogen and oxygen atoms in total. The van der Waals surface area contributed by atoms with Gasteiger partial charge in [0.05, 0.1) is 6.04 Å². The Kier molecular flexibility index (Phi) is 3.85. The molecule has 1 aliphatic carbocycles. The minimum Gasteiger partial charge on any atom is -0.341 e. The van der Waals surface area contributed by atoms with E-state index in [1.54, 1.807) is 0 Å². The quantitative estimate of drug-likeness (QED) is 0.775. The second-order valence-electron chi connectivity index (χ2n) is 5.52. The van der Waals surface area contributed by atoms with Crippen LogP contribution in [0.4, 0.5) is 0 Å². The van der Waals surface area contributed by atoms with Crippen molar-refractivity contribution in [3.05, 3.63) is 0 Å². The summed E-state index contributed by atoms with van der Waals surface area (Å²) in [5.41, 5.74) is 0. The molecule has 2 aliphatic rings. The highest BCUT2D eigenvalue weighted by Gasteiger charge is 2.30. The van der Waals surface area contributed by atoms with Crippen LogP contribution in [0.5, 0.6) is 0 Å². The second kappa shape index (κ2) is 5.17. The lowest BCUT2D eigenvalue weighted by Gasteiger charge is -2.35. The Labute approximate surface area is 98.6 Å². The highest BCUT2D eigenvalue weighted by Crippen LogP contribution is 2.27. The van der Waals surface area contributed by atoms with E-state index < -0.39 is 0 Å². The smallest absolute Gasteiger partial charge is 0.239 e. The standard InChI is InChI=1S/C13H24N2O/c1-10-5-3-6-11(9-10)15(2)13(16)12-7-4-8-14-12/h10-12,14H,3-9H2,1-2H3/t10?,11?,12-/m0/s1. The SMILES string of the molecule is CC1CCCC(N(C)C(=O)[C@@H]2CCCN2)C1. The number of rotatable bonds is 2. The summed E-state index contributed by atoms with van der Waals surface area (Å²) in [5.74, 6) is 1.10. The Hall–Kier alpha value is -0.570. The van der Waals surface area contributed by atoms with Crippen molar-refractivity contribution in [2.24, 2.45) is 5.92 Å².